The molecule has 0 aliphatic heterocycles. The molecule has 92 valence electrons. The summed E-state index contributed by atoms with van der Waals surface area (Å²) in [6, 6.07) is 5.41. The van der Waals surface area contributed by atoms with Crippen LogP contribution in [-0.4, -0.2) is 12.6 Å². The van der Waals surface area contributed by atoms with Crippen LogP contribution >= 0.6 is 0 Å². The number of hydrogen-bond acceptors (Lipinski definition) is 2. The topological polar surface area (TPSA) is 29.3 Å². The number of hydrogen-bond donors (Lipinski definition) is 1. The molecule has 1 aromatic carbocycles. The van der Waals surface area contributed by atoms with Gasteiger partial charge in [0.05, 0.1) is 5.69 Å². The fourth-order valence-electron chi connectivity index (χ4n) is 2.15. The smallest absolute Gasteiger partial charge is 0.146 e. The summed E-state index contributed by atoms with van der Waals surface area (Å²) in [7, 11) is 0. The zero-order chi connectivity index (χ0) is 12.4. The van der Waals surface area contributed by atoms with Crippen LogP contribution in [0.5, 0.6) is 0 Å². The van der Waals surface area contributed by atoms with E-state index in [0.29, 0.717) is 18.3 Å². The first kappa shape index (κ1) is 12.1. The van der Waals surface area contributed by atoms with Crippen LogP contribution < -0.4 is 10.6 Å². The van der Waals surface area contributed by atoms with Crippen LogP contribution in [0, 0.1) is 5.82 Å². The van der Waals surface area contributed by atoms with E-state index in [2.05, 4.69) is 11.5 Å². The lowest BCUT2D eigenvalue weighted by atomic mass is 10.0. The molecule has 1 fully saturated rings. The molecule has 1 aromatic rings. The van der Waals surface area contributed by atoms with E-state index in [1.54, 1.807) is 6.07 Å². The highest BCUT2D eigenvalue weighted by molar-refractivity contribution is 5.58. The Morgan fingerprint density at radius 2 is 2.29 bits per heavy atom. The van der Waals surface area contributed by atoms with E-state index in [4.69, 9.17) is 5.73 Å². The number of nitrogens with two attached hydrogens (primary N) is 1. The summed E-state index contributed by atoms with van der Waals surface area (Å²) in [5.74, 6) is -0.187. The monoisotopic (exact) mass is 234 g/mol. The molecule has 0 heterocycles. The summed E-state index contributed by atoms with van der Waals surface area (Å²) in [4.78, 5) is 2.08. The highest BCUT2D eigenvalue weighted by atomic mass is 19.1. The molecular weight excluding hydrogens is 215 g/mol. The van der Waals surface area contributed by atoms with Crippen LogP contribution in [0.4, 0.5) is 10.1 Å². The fourth-order valence-corrected chi connectivity index (χ4v) is 2.15. The summed E-state index contributed by atoms with van der Waals surface area (Å²) in [6.07, 6.45) is 4.07. The largest absolute Gasteiger partial charge is 0.362 e. The third kappa shape index (κ3) is 2.50. The first-order chi connectivity index (χ1) is 8.15. The van der Waals surface area contributed by atoms with Gasteiger partial charge >= 0.3 is 0 Å². The fraction of sp³-hybridized carbons (Fsp3) is 0.429. The van der Waals surface area contributed by atoms with Gasteiger partial charge in [0.15, 0.2) is 0 Å². The highest BCUT2D eigenvalue weighted by Gasteiger charge is 2.31. The van der Waals surface area contributed by atoms with Crippen molar-refractivity contribution in [3.63, 3.8) is 0 Å². The zero-order valence-electron chi connectivity index (χ0n) is 10.2. The van der Waals surface area contributed by atoms with Crippen molar-refractivity contribution in [2.24, 2.45) is 5.73 Å². The molecule has 2 rings (SSSR count). The second-order valence-electron chi connectivity index (χ2n) is 4.64. The molecule has 0 spiro atoms. The molecule has 0 saturated heterocycles. The van der Waals surface area contributed by atoms with Gasteiger partial charge in [-0.3, -0.25) is 0 Å². The van der Waals surface area contributed by atoms with Gasteiger partial charge < -0.3 is 10.6 Å². The molecule has 17 heavy (non-hydrogen) atoms. The van der Waals surface area contributed by atoms with Crippen molar-refractivity contribution >= 4 is 5.69 Å². The molecule has 0 radical (unpaired) electrons. The van der Waals surface area contributed by atoms with Gasteiger partial charge in [0.1, 0.15) is 5.82 Å². The number of benzene rings is 1. The maximum Gasteiger partial charge on any atom is 0.146 e. The van der Waals surface area contributed by atoms with Crippen molar-refractivity contribution in [2.45, 2.75) is 31.8 Å². The van der Waals surface area contributed by atoms with E-state index in [9.17, 15) is 4.39 Å². The number of para-hydroxylation sites is 1. The predicted octanol–water partition coefficient (Wildman–Crippen LogP) is 3.00. The Morgan fingerprint density at radius 3 is 2.82 bits per heavy atom. The van der Waals surface area contributed by atoms with E-state index >= 15 is 0 Å². The minimum Gasteiger partial charge on any atom is -0.362 e. The molecule has 0 amide bonds. The molecule has 2 N–H and O–H groups in total. The predicted molar refractivity (Wildman–Crippen MR) is 69.6 cm³/mol. The van der Waals surface area contributed by atoms with Crippen molar-refractivity contribution in [2.75, 3.05) is 11.4 Å². The molecule has 1 aliphatic rings. The van der Waals surface area contributed by atoms with Crippen molar-refractivity contribution in [1.82, 2.24) is 0 Å². The van der Waals surface area contributed by atoms with Crippen LogP contribution in [0.25, 0.3) is 0 Å². The second kappa shape index (κ2) is 4.88. The molecule has 2 nitrogen and oxygen atoms in total. The summed E-state index contributed by atoms with van der Waals surface area (Å²) in [6.45, 7) is 6.30. The average Bonchev–Trinajstić information content (AvgIpc) is 3.10. The van der Waals surface area contributed by atoms with E-state index in [-0.39, 0.29) is 11.9 Å². The minimum absolute atomic E-state index is 0.160. The molecule has 0 bridgehead atoms. The van der Waals surface area contributed by atoms with E-state index in [0.717, 1.165) is 18.4 Å². The van der Waals surface area contributed by atoms with Crippen molar-refractivity contribution in [3.05, 3.63) is 42.2 Å². The molecule has 1 atom stereocenters. The summed E-state index contributed by atoms with van der Waals surface area (Å²) < 4.78 is 14.0. The lowest BCUT2D eigenvalue weighted by Crippen LogP contribution is -2.28. The van der Waals surface area contributed by atoms with E-state index < -0.39 is 0 Å². The Bertz CT molecular complexity index is 411. The number of nitrogens with zero attached hydrogens (tertiary/aromatic N) is 1. The summed E-state index contributed by atoms with van der Waals surface area (Å²) in [5.41, 5.74) is 7.45. The van der Waals surface area contributed by atoms with E-state index in [1.165, 1.54) is 6.07 Å². The summed E-state index contributed by atoms with van der Waals surface area (Å²) in [5, 5.41) is 0. The highest BCUT2D eigenvalue weighted by Crippen LogP contribution is 2.36. The van der Waals surface area contributed by atoms with Gasteiger partial charge in [0.25, 0.3) is 0 Å². The Morgan fingerprint density at radius 1 is 1.59 bits per heavy atom. The van der Waals surface area contributed by atoms with E-state index in [1.807, 2.05) is 19.1 Å². The summed E-state index contributed by atoms with van der Waals surface area (Å²) >= 11 is 0. The first-order valence-corrected chi connectivity index (χ1v) is 6.06. The molecule has 1 aliphatic carbocycles. The van der Waals surface area contributed by atoms with Gasteiger partial charge in [-0.15, -0.1) is 6.58 Å². The average molecular weight is 234 g/mol. The Kier molecular flexibility index (Phi) is 3.48. The van der Waals surface area contributed by atoms with Crippen molar-refractivity contribution in [3.8, 4) is 0 Å². The Labute approximate surface area is 102 Å². The number of halogens is 1. The maximum absolute atomic E-state index is 14.0. The van der Waals surface area contributed by atoms with Crippen LogP contribution in [0.3, 0.4) is 0 Å². The van der Waals surface area contributed by atoms with Crippen LogP contribution in [0.15, 0.2) is 30.9 Å². The van der Waals surface area contributed by atoms with Crippen LogP contribution in [0.2, 0.25) is 0 Å². The van der Waals surface area contributed by atoms with Gasteiger partial charge in [0, 0.05) is 18.6 Å². The number of anilines is 1. The molecule has 0 unspecified atom stereocenters. The lowest BCUT2D eigenvalue weighted by molar-refractivity contribution is 0.612. The van der Waals surface area contributed by atoms with Crippen molar-refractivity contribution in [1.29, 1.82) is 0 Å². The third-order valence-electron chi connectivity index (χ3n) is 3.11. The first-order valence-electron chi connectivity index (χ1n) is 6.06. The van der Waals surface area contributed by atoms with Gasteiger partial charge in [-0.05, 0) is 31.4 Å². The van der Waals surface area contributed by atoms with Gasteiger partial charge in [0.2, 0.25) is 0 Å². The Hall–Kier alpha value is -1.35. The molecule has 3 heteroatoms. The maximum atomic E-state index is 14.0. The Balaban J connectivity index is 2.42. The van der Waals surface area contributed by atoms with Gasteiger partial charge in [-0.1, -0.05) is 18.2 Å². The second-order valence-corrected chi connectivity index (χ2v) is 4.64. The SMILES string of the molecule is C=CCN(c1c(F)cccc1[C@@H](C)N)C1CC1. The third-order valence-corrected chi connectivity index (χ3v) is 3.11. The molecule has 1 saturated carbocycles. The standard InChI is InChI=1S/C14H19FN2/c1-3-9-17(11-7-8-11)14-12(10(2)16)5-4-6-13(14)15/h3-6,10-11H,1,7-9,16H2,2H3/t10-/m1/s1. The normalized spacial score (nSPS) is 16.6. The van der Waals surface area contributed by atoms with Gasteiger partial charge in [-0.2, -0.15) is 0 Å². The minimum atomic E-state index is -0.187. The van der Waals surface area contributed by atoms with Crippen molar-refractivity contribution < 1.29 is 4.39 Å². The molecule has 0 aromatic heterocycles. The lowest BCUT2D eigenvalue weighted by Gasteiger charge is -2.27. The molecular formula is C14H19FN2. The zero-order valence-corrected chi connectivity index (χ0v) is 10.2. The van der Waals surface area contributed by atoms with Gasteiger partial charge in [-0.25, -0.2) is 4.39 Å². The number of rotatable bonds is 5. The van der Waals surface area contributed by atoms with Crippen LogP contribution in [0.1, 0.15) is 31.4 Å². The van der Waals surface area contributed by atoms with Crippen LogP contribution in [-0.2, 0) is 0 Å². The quantitative estimate of drug-likeness (QED) is 0.793.